The van der Waals surface area contributed by atoms with Crippen LogP contribution in [0.2, 0.25) is 0 Å². The molecular weight excluding hydrogens is 953 g/mol. The molecule has 0 aromatic carbocycles. The van der Waals surface area contributed by atoms with Crippen LogP contribution < -0.4 is 0 Å². The predicted octanol–water partition coefficient (Wildman–Crippen LogP) is -2.37. The van der Waals surface area contributed by atoms with Gasteiger partial charge in [-0.15, -0.1) is 0 Å². The van der Waals surface area contributed by atoms with Gasteiger partial charge in [0.15, 0.2) is 30.9 Å². The molecule has 5 aliphatic heterocycles. The number of fused-ring (bicyclic) bond motifs is 7. The van der Waals surface area contributed by atoms with Crippen molar-refractivity contribution >= 4 is 0 Å². The zero-order valence-electron chi connectivity index (χ0n) is 41.8. The summed E-state index contributed by atoms with van der Waals surface area (Å²) in [6.45, 7) is 8.79. The molecule has 13 N–H and O–H groups in total. The second-order valence-electron chi connectivity index (χ2n) is 23.4. The van der Waals surface area contributed by atoms with Gasteiger partial charge in [-0.1, -0.05) is 39.3 Å². The summed E-state index contributed by atoms with van der Waals surface area (Å²) in [4.78, 5) is 0. The minimum Gasteiger partial charge on any atom is -0.394 e. The highest BCUT2D eigenvalue weighted by molar-refractivity contribution is 5.26. The second kappa shape index (κ2) is 21.6. The van der Waals surface area contributed by atoms with Crippen LogP contribution in [0.3, 0.4) is 0 Å². The molecular formula is C50H82O22. The quantitative estimate of drug-likeness (QED) is 0.0809. The van der Waals surface area contributed by atoms with Gasteiger partial charge in [0, 0.05) is 12.3 Å². The molecule has 0 spiro atoms. The fourth-order valence-electron chi connectivity index (χ4n) is 14.7. The summed E-state index contributed by atoms with van der Waals surface area (Å²) < 4.78 is 54.6. The smallest absolute Gasteiger partial charge is 0.187 e. The van der Waals surface area contributed by atoms with Crippen LogP contribution in [0.4, 0.5) is 0 Å². The van der Waals surface area contributed by atoms with Crippen molar-refractivity contribution in [3.05, 3.63) is 11.6 Å². The van der Waals surface area contributed by atoms with Gasteiger partial charge in [-0.2, -0.15) is 0 Å². The molecule has 0 bridgehead atoms. The molecule has 0 radical (unpaired) electrons. The Hall–Kier alpha value is -1.14. The van der Waals surface area contributed by atoms with E-state index in [0.717, 1.165) is 32.1 Å². The van der Waals surface area contributed by atoms with E-state index >= 15 is 0 Å². The van der Waals surface area contributed by atoms with Crippen molar-refractivity contribution in [2.24, 2.45) is 46.3 Å². The molecule has 414 valence electrons. The van der Waals surface area contributed by atoms with E-state index in [4.69, 9.17) is 42.6 Å². The number of aliphatic hydroxyl groups excluding tert-OH is 12. The lowest BCUT2D eigenvalue weighted by Crippen LogP contribution is -2.66. The number of aliphatic hydroxyl groups is 13. The standard InChI is InChI=1S/C50H82O22/c1-20(18-64-44-40(61)38(59)35(56)30(16-51)68-44)8-13-50(63)21(2)32-29(72-50)15-27-25-7-6-23-14-24(9-11-48(23,4)26(25)10-12-49(27,32)5)67-47-43(71-46-41(62)37(58)33(54)22(3)66-46)42(36(57)31(17-52)69-47)70-45-39(60)34(55)28(53)19-65-45/h6,20-22,24-47,51-63H,7-19H2,1-5H3/t20-,21+,22+,24+,25-,26+,27+,28-,29+,30-,31-,32+,33+,34+,35-,36+,37-,38+,39-,40-,41-,42+,43-,44-,45+,46+,47-,48+,49+,50-/m1/s1. The van der Waals surface area contributed by atoms with Crippen LogP contribution in [0.5, 0.6) is 0 Å². The fraction of sp³-hybridized carbons (Fsp3) is 0.960. The van der Waals surface area contributed by atoms with Gasteiger partial charge < -0.3 is 109 Å². The molecule has 22 heteroatoms. The van der Waals surface area contributed by atoms with Crippen molar-refractivity contribution in [3.8, 4) is 0 Å². The van der Waals surface area contributed by atoms with Gasteiger partial charge in [0.05, 0.1) is 44.7 Å². The molecule has 8 fully saturated rings. The lowest BCUT2D eigenvalue weighted by molar-refractivity contribution is -0.390. The third-order valence-corrected chi connectivity index (χ3v) is 19.1. The third-order valence-electron chi connectivity index (χ3n) is 19.1. The number of hydrogen-bond acceptors (Lipinski definition) is 22. The Bertz CT molecular complexity index is 1860. The average Bonchev–Trinajstić information content (AvgIpc) is 3.80. The highest BCUT2D eigenvalue weighted by Gasteiger charge is 2.68. The number of allylic oxidation sites excluding steroid dienone is 1. The van der Waals surface area contributed by atoms with Gasteiger partial charge in [-0.05, 0) is 98.7 Å². The molecule has 72 heavy (non-hydrogen) atoms. The third kappa shape index (κ3) is 9.91. The minimum absolute atomic E-state index is 0.0620. The van der Waals surface area contributed by atoms with Gasteiger partial charge >= 0.3 is 0 Å². The first kappa shape index (κ1) is 55.6. The Morgan fingerprint density at radius 3 is 2.07 bits per heavy atom. The van der Waals surface area contributed by atoms with Crippen LogP contribution in [0.1, 0.15) is 92.4 Å². The van der Waals surface area contributed by atoms with Crippen molar-refractivity contribution in [1.29, 1.82) is 0 Å². The summed E-state index contributed by atoms with van der Waals surface area (Å²) in [6.07, 6.45) is -19.6. The van der Waals surface area contributed by atoms with E-state index in [1.807, 2.05) is 6.92 Å². The fourth-order valence-corrected chi connectivity index (χ4v) is 14.7. The first-order valence-corrected chi connectivity index (χ1v) is 26.3. The molecule has 4 aliphatic carbocycles. The van der Waals surface area contributed by atoms with E-state index in [1.54, 1.807) is 0 Å². The van der Waals surface area contributed by atoms with Gasteiger partial charge in [0.1, 0.15) is 85.5 Å². The topological polar surface area (TPSA) is 346 Å². The molecule has 0 unspecified atom stereocenters. The van der Waals surface area contributed by atoms with Gasteiger partial charge in [-0.3, -0.25) is 0 Å². The molecule has 22 nitrogen and oxygen atoms in total. The lowest BCUT2D eigenvalue weighted by Gasteiger charge is -2.58. The molecule has 5 heterocycles. The van der Waals surface area contributed by atoms with E-state index in [-0.39, 0.29) is 41.3 Å². The minimum atomic E-state index is -1.76. The normalized spacial score (nSPS) is 55.1. The van der Waals surface area contributed by atoms with E-state index in [1.165, 1.54) is 12.5 Å². The van der Waals surface area contributed by atoms with E-state index in [9.17, 15) is 66.4 Å². The monoisotopic (exact) mass is 1030 g/mol. The highest BCUT2D eigenvalue weighted by Crippen LogP contribution is 2.70. The Balaban J connectivity index is 0.856. The second-order valence-corrected chi connectivity index (χ2v) is 23.4. The summed E-state index contributed by atoms with van der Waals surface area (Å²) >= 11 is 0. The number of hydrogen-bond donors (Lipinski definition) is 13. The Labute approximate surface area is 419 Å². The number of rotatable bonds is 14. The van der Waals surface area contributed by atoms with Crippen LogP contribution >= 0.6 is 0 Å². The Morgan fingerprint density at radius 2 is 1.35 bits per heavy atom. The van der Waals surface area contributed by atoms with Crippen molar-refractivity contribution < 1.29 is 109 Å². The first-order valence-electron chi connectivity index (χ1n) is 26.3. The summed E-state index contributed by atoms with van der Waals surface area (Å²) in [5.41, 5.74) is 1.05. The van der Waals surface area contributed by atoms with Crippen molar-refractivity contribution in [1.82, 2.24) is 0 Å². The molecule has 0 aromatic rings. The Kier molecular flexibility index (Phi) is 16.7. The molecule has 3 saturated carbocycles. The maximum Gasteiger partial charge on any atom is 0.187 e. The zero-order chi connectivity index (χ0) is 51.9. The van der Waals surface area contributed by atoms with Gasteiger partial charge in [0.2, 0.25) is 0 Å². The van der Waals surface area contributed by atoms with Gasteiger partial charge in [-0.25, -0.2) is 0 Å². The largest absolute Gasteiger partial charge is 0.394 e. The maximum atomic E-state index is 12.1. The van der Waals surface area contributed by atoms with Crippen LogP contribution in [0, 0.1) is 46.3 Å². The summed E-state index contributed by atoms with van der Waals surface area (Å²) in [7, 11) is 0. The van der Waals surface area contributed by atoms with Gasteiger partial charge in [0.25, 0.3) is 0 Å². The highest BCUT2D eigenvalue weighted by atomic mass is 16.8. The molecule has 9 rings (SSSR count). The van der Waals surface area contributed by atoms with Crippen LogP contribution in [-0.4, -0.2) is 228 Å². The van der Waals surface area contributed by atoms with Crippen molar-refractivity contribution in [3.63, 3.8) is 0 Å². The van der Waals surface area contributed by atoms with Crippen molar-refractivity contribution in [2.75, 3.05) is 26.4 Å². The summed E-state index contributed by atoms with van der Waals surface area (Å²) in [5, 5.41) is 138. The van der Waals surface area contributed by atoms with Crippen LogP contribution in [0.15, 0.2) is 11.6 Å². The van der Waals surface area contributed by atoms with E-state index in [2.05, 4.69) is 26.8 Å². The SMILES string of the molecule is C[C@H](CC[C@@]1(O)O[C@H]2C[C@H]3[C@@H]4CC=C5C[C@@H](O[C@@H]6O[C@H](CO)[C@H](O)[C@H](O[C@@H]7OC[C@@H](O)[C@H](O)[C@H]7O)[C@H]6O[C@@H]6O[C@@H](C)[C@H](O)[C@@H](O)[C@H]6O)CC[C@]5(C)[C@H]4CC[C@]3(C)[C@H]2[C@@H]1C)CO[C@@H]1O[C@H](CO)[C@@H](O)[C@H](O)[C@H]1O. The van der Waals surface area contributed by atoms with Crippen LogP contribution in [-0.2, 0) is 42.6 Å². The summed E-state index contributed by atoms with van der Waals surface area (Å²) in [5.74, 6) is -0.253. The molecule has 0 aromatic heterocycles. The van der Waals surface area contributed by atoms with Crippen molar-refractivity contribution in [2.45, 2.75) is 227 Å². The molecule has 30 atom stereocenters. The number of ether oxygens (including phenoxy) is 9. The molecule has 0 amide bonds. The lowest BCUT2D eigenvalue weighted by atomic mass is 9.47. The zero-order valence-corrected chi connectivity index (χ0v) is 41.8. The predicted molar refractivity (Wildman–Crippen MR) is 244 cm³/mol. The summed E-state index contributed by atoms with van der Waals surface area (Å²) in [6, 6.07) is 0. The average molecular weight is 1040 g/mol. The first-order chi connectivity index (χ1) is 34.0. The maximum absolute atomic E-state index is 12.1. The molecule has 9 aliphatic rings. The van der Waals surface area contributed by atoms with E-state index < -0.39 is 148 Å². The van der Waals surface area contributed by atoms with E-state index in [0.29, 0.717) is 43.4 Å². The Morgan fingerprint density at radius 1 is 0.694 bits per heavy atom. The molecule has 5 saturated heterocycles. The van der Waals surface area contributed by atoms with Crippen LogP contribution in [0.25, 0.3) is 0 Å².